The molecule has 1 fully saturated rings. The number of carbonyl (C=O) groups is 1. The van der Waals surface area contributed by atoms with Crippen molar-refractivity contribution in [1.82, 2.24) is 10.6 Å². The SMILES string of the molecule is CCSc1ccc(C(=O)NC2=CCC([C@@H]3CCCNC3)C=C2)cc1. The molecule has 1 saturated heterocycles. The van der Waals surface area contributed by atoms with Crippen molar-refractivity contribution < 1.29 is 4.79 Å². The summed E-state index contributed by atoms with van der Waals surface area (Å²) in [5.74, 6) is 2.34. The van der Waals surface area contributed by atoms with Gasteiger partial charge in [0.05, 0.1) is 0 Å². The summed E-state index contributed by atoms with van der Waals surface area (Å²) in [6.45, 7) is 4.40. The summed E-state index contributed by atoms with van der Waals surface area (Å²) in [5.41, 5.74) is 1.63. The smallest absolute Gasteiger partial charge is 0.255 e. The van der Waals surface area contributed by atoms with E-state index >= 15 is 0 Å². The van der Waals surface area contributed by atoms with Crippen LogP contribution in [0, 0.1) is 11.8 Å². The molecule has 1 unspecified atom stereocenters. The minimum Gasteiger partial charge on any atom is -0.322 e. The fourth-order valence-corrected chi connectivity index (χ4v) is 4.06. The van der Waals surface area contributed by atoms with Crippen LogP contribution in [0.1, 0.15) is 36.5 Å². The third-order valence-electron chi connectivity index (χ3n) is 4.76. The van der Waals surface area contributed by atoms with E-state index in [2.05, 4.69) is 35.8 Å². The van der Waals surface area contributed by atoms with E-state index in [1.54, 1.807) is 11.8 Å². The summed E-state index contributed by atoms with van der Waals surface area (Å²) in [4.78, 5) is 13.6. The van der Waals surface area contributed by atoms with E-state index in [9.17, 15) is 4.79 Å². The van der Waals surface area contributed by atoms with Gasteiger partial charge in [0.25, 0.3) is 5.91 Å². The van der Waals surface area contributed by atoms with Gasteiger partial charge in [-0.05, 0) is 80.3 Å². The molecule has 24 heavy (non-hydrogen) atoms. The maximum absolute atomic E-state index is 12.4. The molecule has 2 atom stereocenters. The first-order chi connectivity index (χ1) is 11.8. The Bertz CT molecular complexity index is 615. The average molecular weight is 343 g/mol. The van der Waals surface area contributed by atoms with Gasteiger partial charge in [0, 0.05) is 16.2 Å². The number of allylic oxidation sites excluding steroid dienone is 3. The molecule has 2 aliphatic rings. The lowest BCUT2D eigenvalue weighted by Gasteiger charge is -2.30. The Morgan fingerprint density at radius 1 is 1.33 bits per heavy atom. The Kier molecular flexibility index (Phi) is 6.16. The van der Waals surface area contributed by atoms with Crippen LogP contribution in [-0.2, 0) is 0 Å². The van der Waals surface area contributed by atoms with Crippen molar-refractivity contribution in [3.63, 3.8) is 0 Å². The van der Waals surface area contributed by atoms with Crippen molar-refractivity contribution in [2.24, 2.45) is 11.8 Å². The van der Waals surface area contributed by atoms with Crippen LogP contribution in [0.2, 0.25) is 0 Å². The normalized spacial score (nSPS) is 23.6. The molecule has 2 N–H and O–H groups in total. The molecule has 0 bridgehead atoms. The number of hydrogen-bond acceptors (Lipinski definition) is 3. The van der Waals surface area contributed by atoms with Crippen LogP contribution in [0.25, 0.3) is 0 Å². The second-order valence-corrected chi connectivity index (χ2v) is 7.77. The van der Waals surface area contributed by atoms with Gasteiger partial charge in [-0.1, -0.05) is 19.1 Å². The van der Waals surface area contributed by atoms with E-state index in [-0.39, 0.29) is 5.91 Å². The first kappa shape index (κ1) is 17.3. The predicted molar refractivity (Wildman–Crippen MR) is 101 cm³/mol. The molecule has 1 heterocycles. The maximum atomic E-state index is 12.4. The zero-order valence-corrected chi connectivity index (χ0v) is 15.1. The lowest BCUT2D eigenvalue weighted by molar-refractivity contribution is 0.0966. The molecule has 3 nitrogen and oxygen atoms in total. The van der Waals surface area contributed by atoms with E-state index in [1.807, 2.05) is 24.3 Å². The second kappa shape index (κ2) is 8.54. The van der Waals surface area contributed by atoms with Crippen molar-refractivity contribution in [3.05, 3.63) is 53.8 Å². The number of thioether (sulfide) groups is 1. The molecule has 0 radical (unpaired) electrons. The molecule has 1 aliphatic heterocycles. The monoisotopic (exact) mass is 342 g/mol. The number of carbonyl (C=O) groups excluding carboxylic acids is 1. The summed E-state index contributed by atoms with van der Waals surface area (Å²) < 4.78 is 0. The number of hydrogen-bond donors (Lipinski definition) is 2. The van der Waals surface area contributed by atoms with E-state index in [1.165, 1.54) is 17.7 Å². The first-order valence-electron chi connectivity index (χ1n) is 8.89. The molecule has 0 saturated carbocycles. The van der Waals surface area contributed by atoms with Crippen molar-refractivity contribution in [3.8, 4) is 0 Å². The number of amides is 1. The zero-order valence-electron chi connectivity index (χ0n) is 14.3. The highest BCUT2D eigenvalue weighted by Crippen LogP contribution is 2.28. The molecule has 0 aromatic heterocycles. The highest BCUT2D eigenvalue weighted by atomic mass is 32.2. The fourth-order valence-electron chi connectivity index (χ4n) is 3.40. The van der Waals surface area contributed by atoms with Crippen LogP contribution in [0.5, 0.6) is 0 Å². The maximum Gasteiger partial charge on any atom is 0.255 e. The molecular formula is C20H26N2OS. The van der Waals surface area contributed by atoms with Crippen LogP contribution < -0.4 is 10.6 Å². The van der Waals surface area contributed by atoms with E-state index in [0.717, 1.165) is 36.9 Å². The third-order valence-corrected chi connectivity index (χ3v) is 5.65. The molecule has 3 rings (SSSR count). The minimum absolute atomic E-state index is 0.0308. The molecule has 1 amide bonds. The topological polar surface area (TPSA) is 41.1 Å². The molecular weight excluding hydrogens is 316 g/mol. The zero-order chi connectivity index (χ0) is 16.8. The average Bonchev–Trinajstić information content (AvgIpc) is 2.64. The van der Waals surface area contributed by atoms with Gasteiger partial charge in [0.15, 0.2) is 0 Å². The highest BCUT2D eigenvalue weighted by Gasteiger charge is 2.22. The number of benzene rings is 1. The summed E-state index contributed by atoms with van der Waals surface area (Å²) in [6, 6.07) is 7.83. The van der Waals surface area contributed by atoms with Crippen molar-refractivity contribution >= 4 is 17.7 Å². The number of nitrogens with one attached hydrogen (secondary N) is 2. The first-order valence-corrected chi connectivity index (χ1v) is 9.88. The Morgan fingerprint density at radius 2 is 2.17 bits per heavy atom. The largest absolute Gasteiger partial charge is 0.322 e. The van der Waals surface area contributed by atoms with E-state index < -0.39 is 0 Å². The van der Waals surface area contributed by atoms with Gasteiger partial charge in [-0.3, -0.25) is 4.79 Å². The van der Waals surface area contributed by atoms with Crippen molar-refractivity contribution in [2.75, 3.05) is 18.8 Å². The van der Waals surface area contributed by atoms with E-state index in [0.29, 0.717) is 11.5 Å². The highest BCUT2D eigenvalue weighted by molar-refractivity contribution is 7.99. The number of piperidine rings is 1. The number of rotatable bonds is 5. The fraction of sp³-hybridized carbons (Fsp3) is 0.450. The third kappa shape index (κ3) is 4.52. The Hall–Kier alpha value is -1.52. The van der Waals surface area contributed by atoms with Gasteiger partial charge < -0.3 is 10.6 Å². The Morgan fingerprint density at radius 3 is 2.79 bits per heavy atom. The van der Waals surface area contributed by atoms with Crippen LogP contribution in [0.4, 0.5) is 0 Å². The van der Waals surface area contributed by atoms with Crippen molar-refractivity contribution in [2.45, 2.75) is 31.1 Å². The van der Waals surface area contributed by atoms with Crippen LogP contribution in [0.15, 0.2) is 53.1 Å². The van der Waals surface area contributed by atoms with Crippen LogP contribution in [-0.4, -0.2) is 24.7 Å². The minimum atomic E-state index is -0.0308. The van der Waals surface area contributed by atoms with Gasteiger partial charge in [-0.2, -0.15) is 0 Å². The van der Waals surface area contributed by atoms with Crippen LogP contribution >= 0.6 is 11.8 Å². The van der Waals surface area contributed by atoms with Gasteiger partial charge >= 0.3 is 0 Å². The lowest BCUT2D eigenvalue weighted by atomic mass is 9.82. The predicted octanol–water partition coefficient (Wildman–Crippen LogP) is 3.99. The molecule has 128 valence electrons. The summed E-state index contributed by atoms with van der Waals surface area (Å²) in [7, 11) is 0. The molecule has 4 heteroatoms. The van der Waals surface area contributed by atoms with Gasteiger partial charge in [-0.15, -0.1) is 11.8 Å². The summed E-state index contributed by atoms with van der Waals surface area (Å²) in [6.07, 6.45) is 10.1. The Labute approximate surface area is 149 Å². The Balaban J connectivity index is 1.53. The van der Waals surface area contributed by atoms with Gasteiger partial charge in [-0.25, -0.2) is 0 Å². The quantitative estimate of drug-likeness (QED) is 0.795. The van der Waals surface area contributed by atoms with E-state index in [4.69, 9.17) is 0 Å². The molecule has 0 spiro atoms. The van der Waals surface area contributed by atoms with Crippen molar-refractivity contribution in [1.29, 1.82) is 0 Å². The standard InChI is InChI=1S/C20H26N2OS/c1-2-24-19-11-7-16(8-12-19)20(23)22-18-9-5-15(6-10-18)17-4-3-13-21-14-17/h5,7-12,15,17,21H,2-4,6,13-14H2,1H3,(H,22,23)/t15?,17-/m1/s1. The molecule has 1 aliphatic carbocycles. The second-order valence-electron chi connectivity index (χ2n) is 6.44. The molecule has 1 aromatic carbocycles. The summed E-state index contributed by atoms with van der Waals surface area (Å²) >= 11 is 1.79. The molecule has 1 aromatic rings. The van der Waals surface area contributed by atoms with Gasteiger partial charge in [0.2, 0.25) is 0 Å². The summed E-state index contributed by atoms with van der Waals surface area (Å²) in [5, 5.41) is 6.51. The van der Waals surface area contributed by atoms with Crippen LogP contribution in [0.3, 0.4) is 0 Å². The van der Waals surface area contributed by atoms with Gasteiger partial charge in [0.1, 0.15) is 0 Å². The lowest BCUT2D eigenvalue weighted by Crippen LogP contribution is -2.34.